The molecule has 0 bridgehead atoms. The fraction of sp³-hybridized carbons (Fsp3) is 0.368. The highest BCUT2D eigenvalue weighted by molar-refractivity contribution is 5.29. The van der Waals surface area contributed by atoms with E-state index in [1.54, 1.807) is 0 Å². The third-order valence-corrected chi connectivity index (χ3v) is 3.83. The third kappa shape index (κ3) is 4.21. The van der Waals surface area contributed by atoms with Crippen LogP contribution in [0.2, 0.25) is 0 Å². The lowest BCUT2D eigenvalue weighted by Crippen LogP contribution is -2.16. The molecule has 1 unspecified atom stereocenters. The van der Waals surface area contributed by atoms with Crippen molar-refractivity contribution in [1.29, 1.82) is 0 Å². The normalized spacial score (nSPS) is 12.3. The molecule has 0 saturated heterocycles. The molecule has 0 spiro atoms. The van der Waals surface area contributed by atoms with Gasteiger partial charge in [-0.15, -0.1) is 0 Å². The molecule has 0 aliphatic rings. The van der Waals surface area contributed by atoms with E-state index in [0.29, 0.717) is 6.04 Å². The first-order valence-electron chi connectivity index (χ1n) is 7.63. The average Bonchev–Trinajstić information content (AvgIpc) is 2.50. The summed E-state index contributed by atoms with van der Waals surface area (Å²) in [5, 5.41) is 3.42. The lowest BCUT2D eigenvalue weighted by molar-refractivity contribution is 0.523. The van der Waals surface area contributed by atoms with Crippen LogP contribution in [0, 0.1) is 0 Å². The Bertz CT molecular complexity index is 487. The van der Waals surface area contributed by atoms with Crippen LogP contribution in [0.15, 0.2) is 54.6 Å². The second kappa shape index (κ2) is 7.86. The Morgan fingerprint density at radius 2 is 1.55 bits per heavy atom. The van der Waals surface area contributed by atoms with Crippen molar-refractivity contribution in [2.24, 2.45) is 0 Å². The van der Waals surface area contributed by atoms with E-state index in [1.807, 2.05) is 0 Å². The molecule has 106 valence electrons. The summed E-state index contributed by atoms with van der Waals surface area (Å²) in [6.45, 7) is 2.25. The van der Waals surface area contributed by atoms with Crippen molar-refractivity contribution < 1.29 is 0 Å². The van der Waals surface area contributed by atoms with Crippen molar-refractivity contribution in [1.82, 2.24) is 5.32 Å². The smallest absolute Gasteiger partial charge is 0.0317 e. The fourth-order valence-electron chi connectivity index (χ4n) is 2.59. The number of unbranched alkanes of at least 4 members (excludes halogenated alkanes) is 1. The first kappa shape index (κ1) is 14.8. The van der Waals surface area contributed by atoms with Crippen molar-refractivity contribution in [2.75, 3.05) is 7.05 Å². The zero-order valence-corrected chi connectivity index (χ0v) is 12.6. The topological polar surface area (TPSA) is 12.0 Å². The van der Waals surface area contributed by atoms with Crippen molar-refractivity contribution in [2.45, 2.75) is 38.6 Å². The number of hydrogen-bond acceptors (Lipinski definition) is 1. The Hall–Kier alpha value is -1.60. The SMILES string of the molecule is CCCCC(NC)c1ccc(Cc2ccccc2)cc1. The summed E-state index contributed by atoms with van der Waals surface area (Å²) in [6.07, 6.45) is 4.76. The number of rotatable bonds is 7. The molecule has 0 radical (unpaired) electrons. The molecule has 2 rings (SSSR count). The summed E-state index contributed by atoms with van der Waals surface area (Å²) in [5.41, 5.74) is 4.15. The Kier molecular flexibility index (Phi) is 5.82. The molecule has 0 aliphatic heterocycles. The summed E-state index contributed by atoms with van der Waals surface area (Å²) >= 11 is 0. The largest absolute Gasteiger partial charge is 0.313 e. The Labute approximate surface area is 123 Å². The van der Waals surface area contributed by atoms with Crippen LogP contribution in [0.1, 0.15) is 48.9 Å². The van der Waals surface area contributed by atoms with Gasteiger partial charge in [0.2, 0.25) is 0 Å². The first-order chi connectivity index (χ1) is 9.83. The van der Waals surface area contributed by atoms with Crippen molar-refractivity contribution in [3.63, 3.8) is 0 Å². The maximum Gasteiger partial charge on any atom is 0.0317 e. The van der Waals surface area contributed by atoms with Gasteiger partial charge in [-0.3, -0.25) is 0 Å². The van der Waals surface area contributed by atoms with Gasteiger partial charge >= 0.3 is 0 Å². The molecule has 0 aliphatic carbocycles. The van der Waals surface area contributed by atoms with Crippen LogP contribution in [0.4, 0.5) is 0 Å². The van der Waals surface area contributed by atoms with E-state index < -0.39 is 0 Å². The van der Waals surface area contributed by atoms with Gasteiger partial charge in [0.25, 0.3) is 0 Å². The van der Waals surface area contributed by atoms with E-state index in [4.69, 9.17) is 0 Å². The first-order valence-corrected chi connectivity index (χ1v) is 7.63. The molecule has 20 heavy (non-hydrogen) atoms. The van der Waals surface area contributed by atoms with Gasteiger partial charge in [0.1, 0.15) is 0 Å². The van der Waals surface area contributed by atoms with E-state index >= 15 is 0 Å². The molecule has 0 amide bonds. The molecule has 0 fully saturated rings. The van der Waals surface area contributed by atoms with E-state index in [9.17, 15) is 0 Å². The molecular weight excluding hydrogens is 242 g/mol. The molecule has 1 heteroatoms. The highest BCUT2D eigenvalue weighted by Crippen LogP contribution is 2.20. The van der Waals surface area contributed by atoms with E-state index in [1.165, 1.54) is 36.0 Å². The van der Waals surface area contributed by atoms with Crippen LogP contribution < -0.4 is 5.32 Å². The molecule has 1 N–H and O–H groups in total. The molecule has 0 aromatic heterocycles. The predicted octanol–water partition coefficient (Wildman–Crippen LogP) is 4.73. The van der Waals surface area contributed by atoms with Crippen molar-refractivity contribution >= 4 is 0 Å². The quantitative estimate of drug-likeness (QED) is 0.765. The molecule has 0 heterocycles. The van der Waals surface area contributed by atoms with Crippen LogP contribution in [0.5, 0.6) is 0 Å². The van der Waals surface area contributed by atoms with Gasteiger partial charge in [-0.05, 0) is 36.6 Å². The van der Waals surface area contributed by atoms with Gasteiger partial charge in [0.05, 0.1) is 0 Å². The Morgan fingerprint density at radius 1 is 0.900 bits per heavy atom. The number of benzene rings is 2. The Balaban J connectivity index is 2.02. The molecule has 1 atom stereocenters. The maximum atomic E-state index is 3.42. The molecule has 0 saturated carbocycles. The fourth-order valence-corrected chi connectivity index (χ4v) is 2.59. The van der Waals surface area contributed by atoms with Crippen LogP contribution in [0.25, 0.3) is 0 Å². The highest BCUT2D eigenvalue weighted by Gasteiger charge is 2.08. The van der Waals surface area contributed by atoms with E-state index in [2.05, 4.69) is 73.9 Å². The minimum absolute atomic E-state index is 0.487. The van der Waals surface area contributed by atoms with Crippen LogP contribution in [-0.2, 0) is 6.42 Å². The summed E-state index contributed by atoms with van der Waals surface area (Å²) < 4.78 is 0. The standard InChI is InChI=1S/C19H25N/c1-3-4-10-19(20-2)18-13-11-17(12-14-18)15-16-8-6-5-7-9-16/h5-9,11-14,19-20H,3-4,10,15H2,1-2H3. The van der Waals surface area contributed by atoms with Crippen LogP contribution >= 0.6 is 0 Å². The highest BCUT2D eigenvalue weighted by atomic mass is 14.9. The second-order valence-electron chi connectivity index (χ2n) is 5.39. The lowest BCUT2D eigenvalue weighted by atomic mass is 9.98. The summed E-state index contributed by atoms with van der Waals surface area (Å²) in [5.74, 6) is 0. The zero-order valence-electron chi connectivity index (χ0n) is 12.6. The van der Waals surface area contributed by atoms with Gasteiger partial charge < -0.3 is 5.32 Å². The van der Waals surface area contributed by atoms with Gasteiger partial charge in [0, 0.05) is 6.04 Å². The average molecular weight is 267 g/mol. The summed E-state index contributed by atoms with van der Waals surface area (Å²) in [4.78, 5) is 0. The lowest BCUT2D eigenvalue weighted by Gasteiger charge is -2.16. The monoisotopic (exact) mass is 267 g/mol. The van der Waals surface area contributed by atoms with Gasteiger partial charge in [-0.2, -0.15) is 0 Å². The maximum absolute atomic E-state index is 3.42. The third-order valence-electron chi connectivity index (χ3n) is 3.83. The van der Waals surface area contributed by atoms with Gasteiger partial charge in [0.15, 0.2) is 0 Å². The molecule has 1 nitrogen and oxygen atoms in total. The van der Waals surface area contributed by atoms with Crippen LogP contribution in [-0.4, -0.2) is 7.05 Å². The number of nitrogens with one attached hydrogen (secondary N) is 1. The van der Waals surface area contributed by atoms with Crippen molar-refractivity contribution in [3.05, 3.63) is 71.3 Å². The minimum Gasteiger partial charge on any atom is -0.313 e. The van der Waals surface area contributed by atoms with E-state index in [0.717, 1.165) is 6.42 Å². The minimum atomic E-state index is 0.487. The zero-order chi connectivity index (χ0) is 14.2. The second-order valence-corrected chi connectivity index (χ2v) is 5.39. The predicted molar refractivity (Wildman–Crippen MR) is 87.0 cm³/mol. The van der Waals surface area contributed by atoms with Crippen LogP contribution in [0.3, 0.4) is 0 Å². The molecule has 2 aromatic rings. The van der Waals surface area contributed by atoms with Gasteiger partial charge in [-0.25, -0.2) is 0 Å². The van der Waals surface area contributed by atoms with Crippen molar-refractivity contribution in [3.8, 4) is 0 Å². The van der Waals surface area contributed by atoms with E-state index in [-0.39, 0.29) is 0 Å². The summed E-state index contributed by atoms with van der Waals surface area (Å²) in [6, 6.07) is 20.2. The molecule has 2 aromatic carbocycles. The summed E-state index contributed by atoms with van der Waals surface area (Å²) in [7, 11) is 2.05. The Morgan fingerprint density at radius 3 is 2.15 bits per heavy atom. The number of hydrogen-bond donors (Lipinski definition) is 1. The molecular formula is C19H25N. The van der Waals surface area contributed by atoms with Gasteiger partial charge in [-0.1, -0.05) is 74.4 Å².